The van der Waals surface area contributed by atoms with Crippen LogP contribution in [0.25, 0.3) is 0 Å². The van der Waals surface area contributed by atoms with E-state index in [1.54, 1.807) is 6.92 Å². The predicted octanol–water partition coefficient (Wildman–Crippen LogP) is 1.22. The molecule has 1 aromatic carbocycles. The monoisotopic (exact) mass is 243 g/mol. The Bertz CT molecular complexity index is 426. The van der Waals surface area contributed by atoms with E-state index >= 15 is 0 Å². The summed E-state index contributed by atoms with van der Waals surface area (Å²) in [5.41, 5.74) is 6.02. The van der Waals surface area contributed by atoms with E-state index in [1.807, 2.05) is 30.3 Å². The Kier molecular flexibility index (Phi) is 4.07. The summed E-state index contributed by atoms with van der Waals surface area (Å²) in [6.07, 6.45) is 1.21. The zero-order chi connectivity index (χ0) is 12.2. The fourth-order valence-electron chi connectivity index (χ4n) is 1.56. The molecule has 4 nitrogen and oxygen atoms in total. The van der Waals surface area contributed by atoms with Crippen molar-refractivity contribution < 1.29 is 13.0 Å². The van der Waals surface area contributed by atoms with E-state index < -0.39 is 21.4 Å². The maximum Gasteiger partial charge on any atom is 0.266 e. The molecule has 1 atom stereocenters. The van der Waals surface area contributed by atoms with Crippen molar-refractivity contribution in [1.29, 1.82) is 0 Å². The van der Waals surface area contributed by atoms with E-state index in [0.29, 0.717) is 12.8 Å². The zero-order valence-electron chi connectivity index (χ0n) is 9.26. The zero-order valence-corrected chi connectivity index (χ0v) is 10.1. The molecule has 0 aliphatic rings. The minimum Gasteiger partial charge on any atom is -0.324 e. The molecule has 0 saturated heterocycles. The third-order valence-electron chi connectivity index (χ3n) is 2.34. The fraction of sp³-hybridized carbons (Fsp3) is 0.455. The third-order valence-corrected chi connectivity index (χ3v) is 3.36. The highest BCUT2D eigenvalue weighted by Gasteiger charge is 2.24. The molecule has 0 saturated carbocycles. The van der Waals surface area contributed by atoms with Gasteiger partial charge in [0.15, 0.2) is 0 Å². The quantitative estimate of drug-likeness (QED) is 0.762. The van der Waals surface area contributed by atoms with Crippen LogP contribution in [0.1, 0.15) is 18.9 Å². The second-order valence-corrected chi connectivity index (χ2v) is 5.82. The molecule has 0 spiro atoms. The summed E-state index contributed by atoms with van der Waals surface area (Å²) in [5.74, 6) is -0.410. The van der Waals surface area contributed by atoms with Gasteiger partial charge in [-0.3, -0.25) is 4.55 Å². The Hall–Kier alpha value is -0.910. The summed E-state index contributed by atoms with van der Waals surface area (Å²) in [5, 5.41) is 0. The van der Waals surface area contributed by atoms with Crippen LogP contribution < -0.4 is 5.73 Å². The molecule has 90 valence electrons. The topological polar surface area (TPSA) is 80.4 Å². The summed E-state index contributed by atoms with van der Waals surface area (Å²) in [7, 11) is -4.01. The van der Waals surface area contributed by atoms with Crippen molar-refractivity contribution in [1.82, 2.24) is 0 Å². The van der Waals surface area contributed by atoms with E-state index in [4.69, 9.17) is 10.3 Å². The van der Waals surface area contributed by atoms with Crippen molar-refractivity contribution in [2.45, 2.75) is 25.3 Å². The molecule has 1 aromatic rings. The van der Waals surface area contributed by atoms with Gasteiger partial charge in [-0.25, -0.2) is 0 Å². The van der Waals surface area contributed by atoms with Gasteiger partial charge in [0.2, 0.25) is 0 Å². The van der Waals surface area contributed by atoms with Crippen molar-refractivity contribution in [2.75, 3.05) is 5.75 Å². The van der Waals surface area contributed by atoms with Crippen LogP contribution in [0, 0.1) is 0 Å². The van der Waals surface area contributed by atoms with Crippen molar-refractivity contribution in [3.63, 3.8) is 0 Å². The van der Waals surface area contributed by atoms with Gasteiger partial charge in [-0.05, 0) is 25.3 Å². The highest BCUT2D eigenvalue weighted by molar-refractivity contribution is 7.85. The van der Waals surface area contributed by atoms with Crippen LogP contribution in [0.2, 0.25) is 0 Å². The van der Waals surface area contributed by atoms with Crippen LogP contribution in [0.3, 0.4) is 0 Å². The largest absolute Gasteiger partial charge is 0.324 e. The Morgan fingerprint density at radius 1 is 1.31 bits per heavy atom. The first-order valence-corrected chi connectivity index (χ1v) is 6.67. The standard InChI is InChI=1S/C11H17NO3S/c1-11(12,9-16(13,14)15)8-7-10-5-3-2-4-6-10/h2-6H,7-9,12H2,1H3,(H,13,14,15)/t11-/m0/s1. The molecule has 0 aromatic heterocycles. The summed E-state index contributed by atoms with van der Waals surface area (Å²) >= 11 is 0. The van der Waals surface area contributed by atoms with Crippen LogP contribution in [-0.4, -0.2) is 24.3 Å². The molecule has 0 unspecified atom stereocenters. The van der Waals surface area contributed by atoms with E-state index in [2.05, 4.69) is 0 Å². The second kappa shape index (κ2) is 4.95. The smallest absolute Gasteiger partial charge is 0.266 e. The number of aryl methyl sites for hydroxylation is 1. The van der Waals surface area contributed by atoms with Gasteiger partial charge < -0.3 is 5.73 Å². The van der Waals surface area contributed by atoms with Gasteiger partial charge in [-0.2, -0.15) is 8.42 Å². The summed E-state index contributed by atoms with van der Waals surface area (Å²) in [6.45, 7) is 1.63. The minimum absolute atomic E-state index is 0.410. The van der Waals surface area contributed by atoms with Crippen molar-refractivity contribution in [3.05, 3.63) is 35.9 Å². The fourth-order valence-corrected chi connectivity index (χ4v) is 2.54. The van der Waals surface area contributed by atoms with Crippen LogP contribution in [-0.2, 0) is 16.5 Å². The molecule has 0 bridgehead atoms. The number of benzene rings is 1. The van der Waals surface area contributed by atoms with Crippen LogP contribution in [0.5, 0.6) is 0 Å². The average Bonchev–Trinajstić information content (AvgIpc) is 2.13. The van der Waals surface area contributed by atoms with Gasteiger partial charge in [0, 0.05) is 5.54 Å². The van der Waals surface area contributed by atoms with Gasteiger partial charge in [0.25, 0.3) is 10.1 Å². The average molecular weight is 243 g/mol. The van der Waals surface area contributed by atoms with Crippen LogP contribution >= 0.6 is 0 Å². The molecular weight excluding hydrogens is 226 g/mol. The maximum atomic E-state index is 10.7. The lowest BCUT2D eigenvalue weighted by Crippen LogP contribution is -2.43. The van der Waals surface area contributed by atoms with Gasteiger partial charge in [0.05, 0.1) is 5.75 Å². The minimum atomic E-state index is -4.01. The van der Waals surface area contributed by atoms with Crippen molar-refractivity contribution in [2.24, 2.45) is 5.73 Å². The predicted molar refractivity (Wildman–Crippen MR) is 63.8 cm³/mol. The lowest BCUT2D eigenvalue weighted by molar-refractivity contribution is 0.431. The highest BCUT2D eigenvalue weighted by atomic mass is 32.2. The van der Waals surface area contributed by atoms with E-state index in [0.717, 1.165) is 5.56 Å². The number of nitrogens with two attached hydrogens (primary N) is 1. The molecule has 0 heterocycles. The molecule has 0 fully saturated rings. The second-order valence-electron chi connectivity index (χ2n) is 4.37. The first-order valence-electron chi connectivity index (χ1n) is 5.06. The molecule has 0 amide bonds. The molecule has 0 radical (unpaired) electrons. The number of hydrogen-bond acceptors (Lipinski definition) is 3. The van der Waals surface area contributed by atoms with Crippen molar-refractivity contribution in [3.8, 4) is 0 Å². The van der Waals surface area contributed by atoms with Gasteiger partial charge in [-0.15, -0.1) is 0 Å². The van der Waals surface area contributed by atoms with E-state index in [-0.39, 0.29) is 0 Å². The maximum absolute atomic E-state index is 10.7. The Labute approximate surface area is 96.2 Å². The van der Waals surface area contributed by atoms with E-state index in [9.17, 15) is 8.42 Å². The summed E-state index contributed by atoms with van der Waals surface area (Å²) in [4.78, 5) is 0. The summed E-state index contributed by atoms with van der Waals surface area (Å²) < 4.78 is 30.2. The molecule has 0 aliphatic heterocycles. The number of hydrogen-bond donors (Lipinski definition) is 2. The lowest BCUT2D eigenvalue weighted by atomic mass is 9.96. The first-order chi connectivity index (χ1) is 7.29. The molecular formula is C11H17NO3S. The lowest BCUT2D eigenvalue weighted by Gasteiger charge is -2.22. The Morgan fingerprint density at radius 2 is 1.88 bits per heavy atom. The normalized spacial score (nSPS) is 15.7. The van der Waals surface area contributed by atoms with E-state index in [1.165, 1.54) is 0 Å². The molecule has 5 heteroatoms. The van der Waals surface area contributed by atoms with Crippen LogP contribution in [0.15, 0.2) is 30.3 Å². The Balaban J connectivity index is 2.55. The molecule has 1 rings (SSSR count). The first kappa shape index (κ1) is 13.2. The van der Waals surface area contributed by atoms with Crippen LogP contribution in [0.4, 0.5) is 0 Å². The molecule has 3 N–H and O–H groups in total. The van der Waals surface area contributed by atoms with Gasteiger partial charge in [-0.1, -0.05) is 30.3 Å². The highest BCUT2D eigenvalue weighted by Crippen LogP contribution is 2.13. The number of rotatable bonds is 5. The summed E-state index contributed by atoms with van der Waals surface area (Å²) in [6, 6.07) is 9.69. The third kappa shape index (κ3) is 5.25. The molecule has 0 aliphatic carbocycles. The van der Waals surface area contributed by atoms with Gasteiger partial charge in [0.1, 0.15) is 0 Å². The van der Waals surface area contributed by atoms with Crippen molar-refractivity contribution >= 4 is 10.1 Å². The molecule has 16 heavy (non-hydrogen) atoms. The van der Waals surface area contributed by atoms with Gasteiger partial charge >= 0.3 is 0 Å². The SMILES string of the molecule is C[C@](N)(CCc1ccccc1)CS(=O)(=O)O. The Morgan fingerprint density at radius 3 is 2.38 bits per heavy atom.